The molecule has 2 rings (SSSR count). The molecule has 134 valence electrons. The largest absolute Gasteiger partial charge is 0.475 e. The van der Waals surface area contributed by atoms with Crippen molar-refractivity contribution in [3.05, 3.63) is 23.7 Å². The van der Waals surface area contributed by atoms with Gasteiger partial charge < -0.3 is 24.3 Å². The van der Waals surface area contributed by atoms with Crippen LogP contribution in [0.15, 0.2) is 16.5 Å². The van der Waals surface area contributed by atoms with Gasteiger partial charge in [0.1, 0.15) is 11.4 Å². The molecule has 0 bridgehead atoms. The number of furan rings is 1. The maximum atomic E-state index is 12.3. The van der Waals surface area contributed by atoms with Gasteiger partial charge in [0.25, 0.3) is 0 Å². The number of rotatable bonds is 5. The van der Waals surface area contributed by atoms with Gasteiger partial charge in [0.05, 0.1) is 25.8 Å². The second-order valence-electron chi connectivity index (χ2n) is 6.60. The number of carboxylic acids is 1. The first-order valence-corrected chi connectivity index (χ1v) is 7.86. The van der Waals surface area contributed by atoms with E-state index in [1.54, 1.807) is 11.0 Å². The Bertz CT molecular complexity index is 577. The van der Waals surface area contributed by atoms with Gasteiger partial charge in [-0.2, -0.15) is 0 Å². The minimum Gasteiger partial charge on any atom is -0.475 e. The van der Waals surface area contributed by atoms with Crippen molar-refractivity contribution in [3.8, 4) is 0 Å². The van der Waals surface area contributed by atoms with Crippen LogP contribution in [0.3, 0.4) is 0 Å². The van der Waals surface area contributed by atoms with Crippen molar-refractivity contribution in [3.63, 3.8) is 0 Å². The highest BCUT2D eigenvalue weighted by Gasteiger charge is 2.30. The van der Waals surface area contributed by atoms with Crippen LogP contribution in [0, 0.1) is 0 Å². The van der Waals surface area contributed by atoms with E-state index in [4.69, 9.17) is 19.0 Å². The molecule has 1 fully saturated rings. The van der Waals surface area contributed by atoms with E-state index in [2.05, 4.69) is 5.32 Å². The van der Waals surface area contributed by atoms with E-state index >= 15 is 0 Å². The molecule has 8 heteroatoms. The smallest absolute Gasteiger partial charge is 0.410 e. The highest BCUT2D eigenvalue weighted by atomic mass is 16.6. The van der Waals surface area contributed by atoms with E-state index in [0.717, 1.165) is 0 Å². The molecule has 1 unspecified atom stereocenters. The van der Waals surface area contributed by atoms with Gasteiger partial charge in [-0.25, -0.2) is 9.59 Å². The number of hydrogen-bond acceptors (Lipinski definition) is 6. The van der Waals surface area contributed by atoms with Crippen molar-refractivity contribution in [1.82, 2.24) is 10.2 Å². The van der Waals surface area contributed by atoms with Crippen molar-refractivity contribution < 1.29 is 28.6 Å². The van der Waals surface area contributed by atoms with E-state index in [9.17, 15) is 9.59 Å². The summed E-state index contributed by atoms with van der Waals surface area (Å²) in [5.74, 6) is -0.672. The first kappa shape index (κ1) is 18.3. The lowest BCUT2D eigenvalue weighted by atomic mass is 10.2. The third-order valence-corrected chi connectivity index (χ3v) is 3.41. The van der Waals surface area contributed by atoms with Crippen LogP contribution in [-0.2, 0) is 16.0 Å². The summed E-state index contributed by atoms with van der Waals surface area (Å²) < 4.78 is 16.0. The Balaban J connectivity index is 1.86. The Morgan fingerprint density at radius 2 is 2.17 bits per heavy atom. The van der Waals surface area contributed by atoms with Crippen molar-refractivity contribution in [2.45, 2.75) is 39.0 Å². The van der Waals surface area contributed by atoms with E-state index in [1.165, 1.54) is 6.07 Å². The lowest BCUT2D eigenvalue weighted by Crippen LogP contribution is -2.53. The minimum atomic E-state index is -1.10. The van der Waals surface area contributed by atoms with E-state index in [0.29, 0.717) is 38.6 Å². The number of amides is 1. The van der Waals surface area contributed by atoms with Crippen LogP contribution < -0.4 is 5.32 Å². The Morgan fingerprint density at radius 3 is 2.79 bits per heavy atom. The highest BCUT2D eigenvalue weighted by Crippen LogP contribution is 2.14. The summed E-state index contributed by atoms with van der Waals surface area (Å²) in [5, 5.41) is 12.0. The lowest BCUT2D eigenvalue weighted by molar-refractivity contribution is -0.0318. The molecular weight excluding hydrogens is 316 g/mol. The standard InChI is InChI=1S/C16H24N2O6/c1-16(2,3)24-15(21)18-6-7-22-10-11(18)8-17-9-12-4-5-13(23-12)14(19)20/h4-5,11,17H,6-10H2,1-3H3,(H,19,20). The second kappa shape index (κ2) is 7.67. The van der Waals surface area contributed by atoms with Crippen molar-refractivity contribution >= 4 is 12.1 Å². The van der Waals surface area contributed by atoms with Crippen LogP contribution in [0.5, 0.6) is 0 Å². The molecule has 1 aliphatic heterocycles. The van der Waals surface area contributed by atoms with Crippen molar-refractivity contribution in [2.75, 3.05) is 26.3 Å². The number of carbonyl (C=O) groups is 2. The molecule has 0 saturated carbocycles. The molecule has 0 aliphatic carbocycles. The number of hydrogen-bond donors (Lipinski definition) is 2. The lowest BCUT2D eigenvalue weighted by Gasteiger charge is -2.36. The first-order valence-electron chi connectivity index (χ1n) is 7.86. The molecule has 24 heavy (non-hydrogen) atoms. The molecule has 1 aromatic rings. The quantitative estimate of drug-likeness (QED) is 0.841. The van der Waals surface area contributed by atoms with Crippen LogP contribution in [0.4, 0.5) is 4.79 Å². The minimum absolute atomic E-state index is 0.0943. The zero-order valence-electron chi connectivity index (χ0n) is 14.2. The molecule has 0 spiro atoms. The molecule has 1 aromatic heterocycles. The monoisotopic (exact) mass is 340 g/mol. The van der Waals surface area contributed by atoms with E-state index in [1.807, 2.05) is 20.8 Å². The summed E-state index contributed by atoms with van der Waals surface area (Å²) in [5.41, 5.74) is -0.547. The Hall–Kier alpha value is -2.06. The number of ether oxygens (including phenoxy) is 2. The number of nitrogens with zero attached hydrogens (tertiary/aromatic N) is 1. The second-order valence-corrected chi connectivity index (χ2v) is 6.60. The molecule has 1 amide bonds. The summed E-state index contributed by atoms with van der Waals surface area (Å²) in [6.07, 6.45) is -0.358. The summed E-state index contributed by atoms with van der Waals surface area (Å²) in [6, 6.07) is 2.87. The molecule has 2 heterocycles. The molecule has 0 aromatic carbocycles. The topological polar surface area (TPSA) is 101 Å². The summed E-state index contributed by atoms with van der Waals surface area (Å²) in [7, 11) is 0. The fourth-order valence-corrected chi connectivity index (χ4v) is 2.33. The summed E-state index contributed by atoms with van der Waals surface area (Å²) in [4.78, 5) is 24.7. The predicted molar refractivity (Wildman–Crippen MR) is 84.9 cm³/mol. The molecule has 1 atom stereocenters. The van der Waals surface area contributed by atoms with Gasteiger partial charge in [-0.3, -0.25) is 4.90 Å². The van der Waals surface area contributed by atoms with Gasteiger partial charge in [-0.05, 0) is 32.9 Å². The third-order valence-electron chi connectivity index (χ3n) is 3.41. The van der Waals surface area contributed by atoms with Gasteiger partial charge in [0.2, 0.25) is 5.76 Å². The maximum absolute atomic E-state index is 12.3. The van der Waals surface area contributed by atoms with E-state index < -0.39 is 11.6 Å². The molecule has 8 nitrogen and oxygen atoms in total. The first-order chi connectivity index (χ1) is 11.3. The van der Waals surface area contributed by atoms with Gasteiger partial charge in [0, 0.05) is 13.1 Å². The average molecular weight is 340 g/mol. The zero-order valence-corrected chi connectivity index (χ0v) is 14.2. The normalized spacial score (nSPS) is 18.5. The van der Waals surface area contributed by atoms with Crippen molar-refractivity contribution in [1.29, 1.82) is 0 Å². The number of carboxylic acid groups (broad SMARTS) is 1. The van der Waals surface area contributed by atoms with Crippen LogP contribution in [-0.4, -0.2) is 60.0 Å². The molecular formula is C16H24N2O6. The predicted octanol–water partition coefficient (Wildman–Crippen LogP) is 1.70. The molecule has 1 saturated heterocycles. The van der Waals surface area contributed by atoms with Crippen LogP contribution in [0.2, 0.25) is 0 Å². The van der Waals surface area contributed by atoms with Crippen LogP contribution >= 0.6 is 0 Å². The van der Waals surface area contributed by atoms with Crippen molar-refractivity contribution in [2.24, 2.45) is 0 Å². The summed E-state index contributed by atoms with van der Waals surface area (Å²) in [6.45, 7) is 7.72. The maximum Gasteiger partial charge on any atom is 0.410 e. The average Bonchev–Trinajstić information content (AvgIpc) is 2.95. The summed E-state index contributed by atoms with van der Waals surface area (Å²) >= 11 is 0. The highest BCUT2D eigenvalue weighted by molar-refractivity contribution is 5.84. The molecule has 0 radical (unpaired) electrons. The number of carbonyl (C=O) groups excluding carboxylic acids is 1. The van der Waals surface area contributed by atoms with Gasteiger partial charge in [0.15, 0.2) is 0 Å². The number of aromatic carboxylic acids is 1. The van der Waals surface area contributed by atoms with Gasteiger partial charge in [-0.15, -0.1) is 0 Å². The van der Waals surface area contributed by atoms with Gasteiger partial charge in [-0.1, -0.05) is 0 Å². The van der Waals surface area contributed by atoms with Crippen LogP contribution in [0.25, 0.3) is 0 Å². The molecule has 1 aliphatic rings. The Morgan fingerprint density at radius 1 is 1.42 bits per heavy atom. The zero-order chi connectivity index (χ0) is 17.7. The third kappa shape index (κ3) is 5.24. The fourth-order valence-electron chi connectivity index (χ4n) is 2.33. The Kier molecular flexibility index (Phi) is 5.84. The fraction of sp³-hybridized carbons (Fsp3) is 0.625. The Labute approximate surface area is 140 Å². The SMILES string of the molecule is CC(C)(C)OC(=O)N1CCOCC1CNCc1ccc(C(=O)O)o1. The van der Waals surface area contributed by atoms with Crippen LogP contribution in [0.1, 0.15) is 37.1 Å². The number of morpholine rings is 1. The molecule has 2 N–H and O–H groups in total. The van der Waals surface area contributed by atoms with E-state index in [-0.39, 0.29) is 17.9 Å². The number of nitrogens with one attached hydrogen (secondary N) is 1. The van der Waals surface area contributed by atoms with Gasteiger partial charge >= 0.3 is 12.1 Å².